The minimum absolute atomic E-state index is 0.0204. The third kappa shape index (κ3) is 2.77. The number of hydrogen-bond donors (Lipinski definition) is 3. The Bertz CT molecular complexity index is 309. The Balaban J connectivity index is 1.90. The van der Waals surface area contributed by atoms with E-state index in [-0.39, 0.29) is 23.9 Å². The van der Waals surface area contributed by atoms with E-state index in [4.69, 9.17) is 0 Å². The van der Waals surface area contributed by atoms with Gasteiger partial charge in [0.25, 0.3) is 0 Å². The van der Waals surface area contributed by atoms with Crippen LogP contribution in [0.2, 0.25) is 0 Å². The summed E-state index contributed by atoms with van der Waals surface area (Å²) in [7, 11) is 0. The zero-order valence-corrected chi connectivity index (χ0v) is 10.5. The van der Waals surface area contributed by atoms with E-state index in [1.54, 1.807) is 0 Å². The first-order valence-electron chi connectivity index (χ1n) is 6.41. The van der Waals surface area contributed by atoms with Crippen LogP contribution in [0.15, 0.2) is 0 Å². The van der Waals surface area contributed by atoms with Crippen LogP contribution in [0.1, 0.15) is 33.1 Å². The average molecular weight is 239 g/mol. The Morgan fingerprint density at radius 2 is 2.12 bits per heavy atom. The van der Waals surface area contributed by atoms with E-state index >= 15 is 0 Å². The Morgan fingerprint density at radius 3 is 2.71 bits per heavy atom. The molecular formula is C12H21N3O2. The lowest BCUT2D eigenvalue weighted by Gasteiger charge is -2.36. The van der Waals surface area contributed by atoms with Crippen LogP contribution in [0, 0.1) is 5.92 Å². The quantitative estimate of drug-likeness (QED) is 0.623. The molecule has 0 saturated carbocycles. The highest BCUT2D eigenvalue weighted by Gasteiger charge is 2.33. The molecule has 5 nitrogen and oxygen atoms in total. The van der Waals surface area contributed by atoms with Gasteiger partial charge in [-0.3, -0.25) is 9.59 Å². The van der Waals surface area contributed by atoms with Crippen molar-refractivity contribution in [2.24, 2.45) is 5.92 Å². The van der Waals surface area contributed by atoms with Crippen LogP contribution >= 0.6 is 0 Å². The fourth-order valence-corrected chi connectivity index (χ4v) is 2.68. The third-order valence-electron chi connectivity index (χ3n) is 3.84. The van der Waals surface area contributed by atoms with Gasteiger partial charge >= 0.3 is 0 Å². The molecule has 0 aromatic rings. The molecule has 2 aliphatic heterocycles. The van der Waals surface area contributed by atoms with E-state index in [0.717, 1.165) is 13.0 Å². The van der Waals surface area contributed by atoms with Gasteiger partial charge in [0.2, 0.25) is 11.8 Å². The first kappa shape index (κ1) is 12.4. The van der Waals surface area contributed by atoms with Crippen molar-refractivity contribution in [2.45, 2.75) is 51.2 Å². The van der Waals surface area contributed by atoms with Gasteiger partial charge in [-0.2, -0.15) is 0 Å². The molecule has 96 valence electrons. The van der Waals surface area contributed by atoms with Gasteiger partial charge in [-0.15, -0.1) is 0 Å². The molecule has 17 heavy (non-hydrogen) atoms. The van der Waals surface area contributed by atoms with Gasteiger partial charge in [-0.05, 0) is 32.2 Å². The Kier molecular flexibility index (Phi) is 3.66. The van der Waals surface area contributed by atoms with Crippen LogP contribution in [0.5, 0.6) is 0 Å². The molecule has 2 heterocycles. The highest BCUT2D eigenvalue weighted by Crippen LogP contribution is 2.17. The maximum atomic E-state index is 12.0. The van der Waals surface area contributed by atoms with E-state index in [9.17, 15) is 9.59 Å². The Labute approximate surface area is 102 Å². The first-order chi connectivity index (χ1) is 8.08. The normalized spacial score (nSPS) is 37.6. The summed E-state index contributed by atoms with van der Waals surface area (Å²) in [5.74, 6) is 0.420. The molecule has 0 aromatic carbocycles. The van der Waals surface area contributed by atoms with Crippen LogP contribution in [-0.4, -0.2) is 36.5 Å². The van der Waals surface area contributed by atoms with Crippen molar-refractivity contribution in [1.29, 1.82) is 0 Å². The van der Waals surface area contributed by atoms with Gasteiger partial charge in [-0.1, -0.05) is 6.92 Å². The lowest BCUT2D eigenvalue weighted by molar-refractivity contribution is -0.126. The summed E-state index contributed by atoms with van der Waals surface area (Å²) in [5.41, 5.74) is 0. The largest absolute Gasteiger partial charge is 0.350 e. The molecule has 2 saturated heterocycles. The van der Waals surface area contributed by atoms with E-state index in [1.165, 1.54) is 0 Å². The van der Waals surface area contributed by atoms with E-state index in [2.05, 4.69) is 29.8 Å². The molecule has 3 N–H and O–H groups in total. The summed E-state index contributed by atoms with van der Waals surface area (Å²) in [6, 6.07) is 0.123. The number of rotatable bonds is 2. The molecule has 0 bridgehead atoms. The number of carbonyl (C=O) groups is 2. The SMILES string of the molecule is CC1CCNC(C)C1NC(=O)[C@H]1CCC(=O)N1. The minimum Gasteiger partial charge on any atom is -0.350 e. The van der Waals surface area contributed by atoms with Gasteiger partial charge in [0.1, 0.15) is 6.04 Å². The molecule has 0 radical (unpaired) electrons. The Hall–Kier alpha value is -1.10. The summed E-state index contributed by atoms with van der Waals surface area (Å²) in [6.07, 6.45) is 2.16. The second kappa shape index (κ2) is 5.04. The standard InChI is InChI=1S/C12H21N3O2/c1-7-5-6-13-8(2)11(7)15-12(17)9-3-4-10(16)14-9/h7-9,11,13H,3-6H2,1-2H3,(H,14,16)(H,15,17)/t7?,8?,9-,11?/m1/s1. The second-order valence-electron chi connectivity index (χ2n) is 5.20. The van der Waals surface area contributed by atoms with E-state index in [1.807, 2.05) is 0 Å². The monoisotopic (exact) mass is 239 g/mol. The predicted molar refractivity (Wildman–Crippen MR) is 64.3 cm³/mol. The molecule has 2 rings (SSSR count). The molecule has 2 amide bonds. The van der Waals surface area contributed by atoms with Gasteiger partial charge in [0, 0.05) is 18.5 Å². The molecule has 0 aromatic heterocycles. The van der Waals surface area contributed by atoms with Crippen molar-refractivity contribution >= 4 is 11.8 Å². The minimum atomic E-state index is -0.330. The van der Waals surface area contributed by atoms with Crippen LogP contribution in [0.25, 0.3) is 0 Å². The number of amides is 2. The zero-order chi connectivity index (χ0) is 12.4. The summed E-state index contributed by atoms with van der Waals surface area (Å²) >= 11 is 0. The summed E-state index contributed by atoms with van der Waals surface area (Å²) < 4.78 is 0. The highest BCUT2D eigenvalue weighted by atomic mass is 16.2. The van der Waals surface area contributed by atoms with Crippen molar-refractivity contribution in [2.75, 3.05) is 6.54 Å². The predicted octanol–water partition coefficient (Wildman–Crippen LogP) is -0.232. The summed E-state index contributed by atoms with van der Waals surface area (Å²) in [5, 5.41) is 9.13. The van der Waals surface area contributed by atoms with Crippen LogP contribution < -0.4 is 16.0 Å². The molecule has 2 fully saturated rings. The topological polar surface area (TPSA) is 70.2 Å². The van der Waals surface area contributed by atoms with Gasteiger partial charge in [0.05, 0.1) is 0 Å². The second-order valence-corrected chi connectivity index (χ2v) is 5.20. The average Bonchev–Trinajstić information content (AvgIpc) is 2.70. The van der Waals surface area contributed by atoms with Gasteiger partial charge < -0.3 is 16.0 Å². The molecule has 0 aliphatic carbocycles. The molecule has 2 aliphatic rings. The number of nitrogens with one attached hydrogen (secondary N) is 3. The molecular weight excluding hydrogens is 218 g/mol. The van der Waals surface area contributed by atoms with Crippen LogP contribution in [-0.2, 0) is 9.59 Å². The number of hydrogen-bond acceptors (Lipinski definition) is 3. The first-order valence-corrected chi connectivity index (χ1v) is 6.41. The number of carbonyl (C=O) groups excluding carboxylic acids is 2. The molecule has 0 spiro atoms. The number of piperidine rings is 1. The maximum absolute atomic E-state index is 12.0. The molecule has 4 atom stereocenters. The van der Waals surface area contributed by atoms with Crippen molar-refractivity contribution in [3.05, 3.63) is 0 Å². The van der Waals surface area contributed by atoms with Gasteiger partial charge in [-0.25, -0.2) is 0 Å². The Morgan fingerprint density at radius 1 is 1.35 bits per heavy atom. The summed E-state index contributed by atoms with van der Waals surface area (Å²) in [4.78, 5) is 23.1. The third-order valence-corrected chi connectivity index (χ3v) is 3.84. The van der Waals surface area contributed by atoms with E-state index < -0.39 is 0 Å². The van der Waals surface area contributed by atoms with Crippen molar-refractivity contribution < 1.29 is 9.59 Å². The lowest BCUT2D eigenvalue weighted by atomic mass is 9.89. The molecule has 5 heteroatoms. The summed E-state index contributed by atoms with van der Waals surface area (Å²) in [6.45, 7) is 5.26. The van der Waals surface area contributed by atoms with Crippen molar-refractivity contribution in [1.82, 2.24) is 16.0 Å². The van der Waals surface area contributed by atoms with Crippen LogP contribution in [0.4, 0.5) is 0 Å². The fourth-order valence-electron chi connectivity index (χ4n) is 2.68. The van der Waals surface area contributed by atoms with E-state index in [0.29, 0.717) is 24.8 Å². The smallest absolute Gasteiger partial charge is 0.242 e. The molecule has 3 unspecified atom stereocenters. The zero-order valence-electron chi connectivity index (χ0n) is 10.5. The van der Waals surface area contributed by atoms with Crippen LogP contribution in [0.3, 0.4) is 0 Å². The van der Waals surface area contributed by atoms with Gasteiger partial charge in [0.15, 0.2) is 0 Å². The maximum Gasteiger partial charge on any atom is 0.242 e. The van der Waals surface area contributed by atoms with Crippen molar-refractivity contribution in [3.8, 4) is 0 Å². The van der Waals surface area contributed by atoms with Crippen molar-refractivity contribution in [3.63, 3.8) is 0 Å². The highest BCUT2D eigenvalue weighted by molar-refractivity contribution is 5.90. The fraction of sp³-hybridized carbons (Fsp3) is 0.833. The lowest BCUT2D eigenvalue weighted by Crippen LogP contribution is -2.58.